The molecule has 2 aliphatic carbocycles. The molecule has 2 nitrogen and oxygen atoms in total. The molecule has 0 aliphatic heterocycles. The van der Waals surface area contributed by atoms with Gasteiger partial charge in [-0.3, -0.25) is 0 Å². The molecule has 0 bridgehead atoms. The van der Waals surface area contributed by atoms with Crippen LogP contribution in [-0.2, 0) is 0 Å². The molecule has 13 heavy (non-hydrogen) atoms. The van der Waals surface area contributed by atoms with Crippen LogP contribution in [0.5, 0.6) is 0 Å². The van der Waals surface area contributed by atoms with E-state index < -0.39 is 0 Å². The molecular weight excluding hydrogens is 204 g/mol. The van der Waals surface area contributed by atoms with E-state index >= 15 is 0 Å². The largest absolute Gasteiger partial charge is 0.366 e. The normalized spacial score (nSPS) is 35.9. The van der Waals surface area contributed by atoms with Crippen molar-refractivity contribution in [3.05, 3.63) is 9.85 Å². The summed E-state index contributed by atoms with van der Waals surface area (Å²) >= 11 is 7.25. The predicted octanol–water partition coefficient (Wildman–Crippen LogP) is 3.01. The molecule has 1 heterocycles. The zero-order valence-corrected chi connectivity index (χ0v) is 8.74. The molecule has 0 aromatic carbocycles. The number of aromatic nitrogens is 1. The Labute approximate surface area is 86.3 Å². The Kier molecular flexibility index (Phi) is 1.77. The third-order valence-corrected chi connectivity index (χ3v) is 4.13. The Morgan fingerprint density at radius 3 is 3.00 bits per heavy atom. The molecule has 0 saturated heterocycles. The van der Waals surface area contributed by atoms with E-state index in [1.165, 1.54) is 30.6 Å². The summed E-state index contributed by atoms with van der Waals surface area (Å²) < 4.78 is 0.632. The monoisotopic (exact) mass is 214 g/mol. The van der Waals surface area contributed by atoms with Gasteiger partial charge in [0.05, 0.1) is 0 Å². The zero-order valence-electron chi connectivity index (χ0n) is 7.16. The summed E-state index contributed by atoms with van der Waals surface area (Å²) in [6.45, 7) is 0. The van der Waals surface area contributed by atoms with E-state index in [9.17, 15) is 0 Å². The first kappa shape index (κ1) is 8.06. The Balaban J connectivity index is 1.68. The van der Waals surface area contributed by atoms with E-state index in [-0.39, 0.29) is 0 Å². The number of thiazole rings is 1. The molecule has 70 valence electrons. The number of nitrogens with one attached hydrogen (secondary N) is 1. The highest BCUT2D eigenvalue weighted by atomic mass is 35.5. The highest BCUT2D eigenvalue weighted by molar-refractivity contribution is 7.14. The van der Waals surface area contributed by atoms with Crippen LogP contribution >= 0.6 is 22.9 Å². The number of anilines is 1. The second-order valence-corrected chi connectivity index (χ2v) is 5.41. The van der Waals surface area contributed by atoms with Crippen molar-refractivity contribution in [1.29, 1.82) is 0 Å². The topological polar surface area (TPSA) is 24.9 Å². The number of halogens is 1. The van der Waals surface area contributed by atoms with Gasteiger partial charge in [-0.25, -0.2) is 4.98 Å². The predicted molar refractivity (Wildman–Crippen MR) is 55.4 cm³/mol. The highest BCUT2D eigenvalue weighted by Gasteiger charge is 2.48. The quantitative estimate of drug-likeness (QED) is 0.819. The summed E-state index contributed by atoms with van der Waals surface area (Å²) in [5.41, 5.74) is 0. The molecule has 2 aliphatic rings. The van der Waals surface area contributed by atoms with Crippen molar-refractivity contribution in [2.45, 2.75) is 25.3 Å². The van der Waals surface area contributed by atoms with Crippen LogP contribution in [0, 0.1) is 11.8 Å². The average Bonchev–Trinajstić information content (AvgIpc) is 2.63. The van der Waals surface area contributed by atoms with E-state index in [1.807, 2.05) is 5.38 Å². The third-order valence-electron chi connectivity index (χ3n) is 3.15. The number of nitrogens with zero attached hydrogens (tertiary/aromatic N) is 1. The first-order valence-corrected chi connectivity index (χ1v) is 5.96. The van der Waals surface area contributed by atoms with Crippen molar-refractivity contribution in [2.75, 3.05) is 5.32 Å². The number of hydrogen-bond acceptors (Lipinski definition) is 3. The highest BCUT2D eigenvalue weighted by Crippen LogP contribution is 2.52. The standard InChI is InChI=1S/C9H11ClN2S/c10-9-12-8(4-13-9)11-7-2-1-5-3-6(5)7/h4-7,11H,1-3H2. The van der Waals surface area contributed by atoms with Gasteiger partial charge in [-0.15, -0.1) is 11.3 Å². The van der Waals surface area contributed by atoms with Gasteiger partial charge in [-0.05, 0) is 31.1 Å². The van der Waals surface area contributed by atoms with E-state index in [1.54, 1.807) is 0 Å². The lowest BCUT2D eigenvalue weighted by Crippen LogP contribution is -2.18. The Bertz CT molecular complexity index is 325. The second-order valence-electron chi connectivity index (χ2n) is 3.97. The van der Waals surface area contributed by atoms with Crippen molar-refractivity contribution < 1.29 is 0 Å². The molecule has 2 fully saturated rings. The third kappa shape index (κ3) is 1.44. The fourth-order valence-electron chi connectivity index (χ4n) is 2.39. The number of rotatable bonds is 2. The Morgan fingerprint density at radius 1 is 1.54 bits per heavy atom. The molecule has 0 amide bonds. The van der Waals surface area contributed by atoms with Crippen molar-refractivity contribution in [1.82, 2.24) is 4.98 Å². The average molecular weight is 215 g/mol. The molecule has 0 radical (unpaired) electrons. The van der Waals surface area contributed by atoms with Crippen LogP contribution in [0.4, 0.5) is 5.82 Å². The van der Waals surface area contributed by atoms with Gasteiger partial charge in [0.15, 0.2) is 4.47 Å². The first-order valence-electron chi connectivity index (χ1n) is 4.70. The minimum Gasteiger partial charge on any atom is -0.366 e. The molecule has 1 aromatic rings. The van der Waals surface area contributed by atoms with Crippen LogP contribution in [0.1, 0.15) is 19.3 Å². The molecular formula is C9H11ClN2S. The molecule has 1 N–H and O–H groups in total. The molecule has 1 aromatic heterocycles. The second kappa shape index (κ2) is 2.85. The summed E-state index contributed by atoms with van der Waals surface area (Å²) in [6.07, 6.45) is 4.14. The van der Waals surface area contributed by atoms with Crippen molar-refractivity contribution >= 4 is 28.8 Å². The van der Waals surface area contributed by atoms with Gasteiger partial charge < -0.3 is 5.32 Å². The van der Waals surface area contributed by atoms with Crippen LogP contribution in [0.2, 0.25) is 4.47 Å². The van der Waals surface area contributed by atoms with Crippen LogP contribution in [0.15, 0.2) is 5.38 Å². The lowest BCUT2D eigenvalue weighted by Gasteiger charge is -2.12. The maximum Gasteiger partial charge on any atom is 0.185 e. The van der Waals surface area contributed by atoms with Crippen LogP contribution in [-0.4, -0.2) is 11.0 Å². The summed E-state index contributed by atoms with van der Waals surface area (Å²) in [5.74, 6) is 2.92. The Morgan fingerprint density at radius 2 is 2.46 bits per heavy atom. The molecule has 3 unspecified atom stereocenters. The lowest BCUT2D eigenvalue weighted by molar-refractivity contribution is 0.652. The Hall–Kier alpha value is -0.280. The van der Waals surface area contributed by atoms with Gasteiger partial charge in [-0.1, -0.05) is 11.6 Å². The van der Waals surface area contributed by atoms with E-state index in [4.69, 9.17) is 11.6 Å². The fraction of sp³-hybridized carbons (Fsp3) is 0.667. The van der Waals surface area contributed by atoms with Crippen molar-refractivity contribution in [2.24, 2.45) is 11.8 Å². The maximum atomic E-state index is 5.76. The summed E-state index contributed by atoms with van der Waals surface area (Å²) in [5, 5.41) is 5.47. The summed E-state index contributed by atoms with van der Waals surface area (Å²) in [4.78, 5) is 4.20. The molecule has 3 atom stereocenters. The van der Waals surface area contributed by atoms with Crippen LogP contribution in [0.3, 0.4) is 0 Å². The summed E-state index contributed by atoms with van der Waals surface area (Å²) in [7, 11) is 0. The van der Waals surface area contributed by atoms with Gasteiger partial charge in [0.25, 0.3) is 0 Å². The molecule has 0 spiro atoms. The first-order chi connectivity index (χ1) is 6.33. The molecule has 3 rings (SSSR count). The van der Waals surface area contributed by atoms with Gasteiger partial charge >= 0.3 is 0 Å². The van der Waals surface area contributed by atoms with Gasteiger partial charge in [0.2, 0.25) is 0 Å². The van der Waals surface area contributed by atoms with Crippen LogP contribution in [0.25, 0.3) is 0 Å². The van der Waals surface area contributed by atoms with Gasteiger partial charge in [-0.2, -0.15) is 0 Å². The van der Waals surface area contributed by atoms with E-state index in [2.05, 4.69) is 10.3 Å². The minimum atomic E-state index is 0.632. The van der Waals surface area contributed by atoms with Crippen molar-refractivity contribution in [3.8, 4) is 0 Å². The lowest BCUT2D eigenvalue weighted by atomic mass is 10.2. The number of hydrogen-bond donors (Lipinski definition) is 1. The summed E-state index contributed by atoms with van der Waals surface area (Å²) in [6, 6.07) is 0.670. The van der Waals surface area contributed by atoms with E-state index in [0.717, 1.165) is 17.7 Å². The zero-order chi connectivity index (χ0) is 8.84. The smallest absolute Gasteiger partial charge is 0.185 e. The molecule has 4 heteroatoms. The SMILES string of the molecule is Clc1nc(NC2CCC3CC32)cs1. The maximum absolute atomic E-state index is 5.76. The minimum absolute atomic E-state index is 0.632. The molecule has 2 saturated carbocycles. The van der Waals surface area contributed by atoms with Gasteiger partial charge in [0, 0.05) is 11.4 Å². The fourth-order valence-corrected chi connectivity index (χ4v) is 3.10. The van der Waals surface area contributed by atoms with Crippen LogP contribution < -0.4 is 5.32 Å². The van der Waals surface area contributed by atoms with Crippen molar-refractivity contribution in [3.63, 3.8) is 0 Å². The van der Waals surface area contributed by atoms with E-state index in [0.29, 0.717) is 10.5 Å². The number of fused-ring (bicyclic) bond motifs is 1. The van der Waals surface area contributed by atoms with Gasteiger partial charge in [0.1, 0.15) is 5.82 Å².